The molecule has 1 saturated heterocycles. The Morgan fingerprint density at radius 3 is 2.88 bits per heavy atom. The Labute approximate surface area is 104 Å². The summed E-state index contributed by atoms with van der Waals surface area (Å²) in [6.07, 6.45) is 0. The Morgan fingerprint density at radius 2 is 2.31 bits per heavy atom. The van der Waals surface area contributed by atoms with Crippen molar-refractivity contribution in [1.82, 2.24) is 4.90 Å². The molecule has 1 amide bonds. The molecule has 0 unspecified atom stereocenters. The van der Waals surface area contributed by atoms with Crippen molar-refractivity contribution in [3.05, 3.63) is 22.6 Å². The molecule has 0 aromatic carbocycles. The molecule has 5 nitrogen and oxygen atoms in total. The van der Waals surface area contributed by atoms with Gasteiger partial charge in [0.25, 0.3) is 5.91 Å². The number of thioether (sulfide) groups is 1. The predicted molar refractivity (Wildman–Crippen MR) is 61.3 cm³/mol. The first-order chi connectivity index (χ1) is 7.59. The third-order valence-corrected chi connectivity index (χ3v) is 3.65. The largest absolute Gasteiger partial charge is 0.480 e. The fraction of sp³-hybridized carbons (Fsp3) is 0.333. The number of furan rings is 1. The molecule has 0 radical (unpaired) electrons. The van der Waals surface area contributed by atoms with Crippen LogP contribution in [0.4, 0.5) is 0 Å². The Bertz CT molecular complexity index is 433. The lowest BCUT2D eigenvalue weighted by atomic mass is 10.3. The van der Waals surface area contributed by atoms with Crippen molar-refractivity contribution < 1.29 is 19.1 Å². The van der Waals surface area contributed by atoms with Crippen LogP contribution in [0.5, 0.6) is 0 Å². The molecule has 1 atom stereocenters. The SMILES string of the molecule is O=C(O)[C@@H]1CSCN1C(=O)c1ccc(Br)o1. The normalized spacial score (nSPS) is 20.1. The lowest BCUT2D eigenvalue weighted by Crippen LogP contribution is -2.41. The molecule has 1 aromatic rings. The number of carbonyl (C=O) groups is 2. The van der Waals surface area contributed by atoms with E-state index in [2.05, 4.69) is 15.9 Å². The molecule has 1 aliphatic heterocycles. The minimum Gasteiger partial charge on any atom is -0.480 e. The fourth-order valence-electron chi connectivity index (χ4n) is 1.42. The summed E-state index contributed by atoms with van der Waals surface area (Å²) in [6, 6.07) is 2.36. The van der Waals surface area contributed by atoms with E-state index in [4.69, 9.17) is 9.52 Å². The Morgan fingerprint density at radius 1 is 1.56 bits per heavy atom. The van der Waals surface area contributed by atoms with Gasteiger partial charge in [0, 0.05) is 5.75 Å². The number of carboxylic acid groups (broad SMARTS) is 1. The Hall–Kier alpha value is -0.950. The second kappa shape index (κ2) is 4.50. The molecule has 2 heterocycles. The van der Waals surface area contributed by atoms with Gasteiger partial charge in [-0.05, 0) is 28.1 Å². The van der Waals surface area contributed by atoms with Gasteiger partial charge in [-0.3, -0.25) is 4.79 Å². The van der Waals surface area contributed by atoms with Crippen molar-refractivity contribution in [2.45, 2.75) is 6.04 Å². The van der Waals surface area contributed by atoms with Gasteiger partial charge in [0.1, 0.15) is 6.04 Å². The van der Waals surface area contributed by atoms with Crippen LogP contribution in [0.1, 0.15) is 10.6 Å². The molecule has 1 fully saturated rings. The molecule has 0 saturated carbocycles. The van der Waals surface area contributed by atoms with E-state index in [0.717, 1.165) is 0 Å². The van der Waals surface area contributed by atoms with Gasteiger partial charge >= 0.3 is 5.97 Å². The number of halogens is 1. The average molecular weight is 306 g/mol. The topological polar surface area (TPSA) is 70.8 Å². The van der Waals surface area contributed by atoms with Crippen LogP contribution in [-0.2, 0) is 4.79 Å². The molecule has 16 heavy (non-hydrogen) atoms. The van der Waals surface area contributed by atoms with Crippen LogP contribution in [0.25, 0.3) is 0 Å². The third-order valence-electron chi connectivity index (χ3n) is 2.21. The number of rotatable bonds is 2. The zero-order valence-electron chi connectivity index (χ0n) is 8.05. The van der Waals surface area contributed by atoms with E-state index < -0.39 is 12.0 Å². The molecular weight excluding hydrogens is 298 g/mol. The van der Waals surface area contributed by atoms with E-state index in [9.17, 15) is 9.59 Å². The molecule has 0 aliphatic carbocycles. The quantitative estimate of drug-likeness (QED) is 0.899. The molecule has 0 spiro atoms. The number of nitrogens with zero attached hydrogens (tertiary/aromatic N) is 1. The summed E-state index contributed by atoms with van der Waals surface area (Å²) in [5.41, 5.74) is 0. The molecule has 1 aliphatic rings. The lowest BCUT2D eigenvalue weighted by Gasteiger charge is -2.18. The minimum absolute atomic E-state index is 0.153. The van der Waals surface area contributed by atoms with Crippen LogP contribution in [0, 0.1) is 0 Å². The van der Waals surface area contributed by atoms with Gasteiger partial charge in [0.15, 0.2) is 10.4 Å². The van der Waals surface area contributed by atoms with Gasteiger partial charge in [-0.25, -0.2) is 4.79 Å². The molecule has 1 N–H and O–H groups in total. The van der Waals surface area contributed by atoms with Gasteiger partial charge < -0.3 is 14.4 Å². The third kappa shape index (κ3) is 2.10. The van der Waals surface area contributed by atoms with Crippen LogP contribution in [0.3, 0.4) is 0 Å². The van der Waals surface area contributed by atoms with Crippen LogP contribution >= 0.6 is 27.7 Å². The number of amides is 1. The van der Waals surface area contributed by atoms with Crippen LogP contribution in [0.2, 0.25) is 0 Å². The van der Waals surface area contributed by atoms with E-state index in [1.54, 1.807) is 6.07 Å². The van der Waals surface area contributed by atoms with Gasteiger partial charge in [-0.15, -0.1) is 11.8 Å². The number of carbonyl (C=O) groups excluding carboxylic acids is 1. The second-order valence-electron chi connectivity index (χ2n) is 3.23. The average Bonchev–Trinajstić information content (AvgIpc) is 2.84. The molecule has 2 rings (SSSR count). The maximum Gasteiger partial charge on any atom is 0.327 e. The minimum atomic E-state index is -0.982. The van der Waals surface area contributed by atoms with Crippen molar-refractivity contribution >= 4 is 39.6 Å². The van der Waals surface area contributed by atoms with Crippen molar-refractivity contribution in [3.63, 3.8) is 0 Å². The van der Waals surface area contributed by atoms with Crippen molar-refractivity contribution in [1.29, 1.82) is 0 Å². The number of hydrogen-bond donors (Lipinski definition) is 1. The van der Waals surface area contributed by atoms with E-state index in [-0.39, 0.29) is 11.7 Å². The van der Waals surface area contributed by atoms with E-state index in [1.165, 1.54) is 22.7 Å². The van der Waals surface area contributed by atoms with Crippen molar-refractivity contribution in [3.8, 4) is 0 Å². The summed E-state index contributed by atoms with van der Waals surface area (Å²) in [7, 11) is 0. The lowest BCUT2D eigenvalue weighted by molar-refractivity contribution is -0.140. The maximum atomic E-state index is 11.9. The first kappa shape index (κ1) is 11.5. The highest BCUT2D eigenvalue weighted by atomic mass is 79.9. The summed E-state index contributed by atoms with van der Waals surface area (Å²) in [5, 5.41) is 8.94. The Balaban J connectivity index is 2.18. The predicted octanol–water partition coefficient (Wildman–Crippen LogP) is 1.64. The highest BCUT2D eigenvalue weighted by molar-refractivity contribution is 9.10. The monoisotopic (exact) mass is 305 g/mol. The van der Waals surface area contributed by atoms with Crippen molar-refractivity contribution in [2.24, 2.45) is 0 Å². The summed E-state index contributed by atoms with van der Waals surface area (Å²) < 4.78 is 5.56. The van der Waals surface area contributed by atoms with Crippen molar-refractivity contribution in [2.75, 3.05) is 11.6 Å². The molecule has 1 aromatic heterocycles. The van der Waals surface area contributed by atoms with Gasteiger partial charge in [0.2, 0.25) is 0 Å². The zero-order valence-corrected chi connectivity index (χ0v) is 10.5. The number of aliphatic carboxylic acids is 1. The first-order valence-electron chi connectivity index (χ1n) is 4.46. The molecule has 7 heteroatoms. The molecule has 86 valence electrons. The van der Waals surface area contributed by atoms with Crippen LogP contribution in [0.15, 0.2) is 21.2 Å². The van der Waals surface area contributed by atoms with Crippen LogP contribution < -0.4 is 0 Å². The highest BCUT2D eigenvalue weighted by Gasteiger charge is 2.36. The van der Waals surface area contributed by atoms with Gasteiger partial charge in [-0.2, -0.15) is 0 Å². The van der Waals surface area contributed by atoms with Gasteiger partial charge in [0.05, 0.1) is 5.88 Å². The summed E-state index contributed by atoms with van der Waals surface area (Å²) in [5.74, 6) is -0.412. The summed E-state index contributed by atoms with van der Waals surface area (Å²) in [4.78, 5) is 24.1. The fourth-order valence-corrected chi connectivity index (χ4v) is 2.87. The molecule has 0 bridgehead atoms. The number of carboxylic acids is 1. The maximum absolute atomic E-state index is 11.9. The van der Waals surface area contributed by atoms with Gasteiger partial charge in [-0.1, -0.05) is 0 Å². The molecular formula is C9H8BrNO4S. The first-order valence-corrected chi connectivity index (χ1v) is 6.41. The van der Waals surface area contributed by atoms with Crippen LogP contribution in [-0.4, -0.2) is 39.6 Å². The van der Waals surface area contributed by atoms with E-state index in [1.807, 2.05) is 0 Å². The number of hydrogen-bond acceptors (Lipinski definition) is 4. The second-order valence-corrected chi connectivity index (χ2v) is 5.01. The smallest absolute Gasteiger partial charge is 0.327 e. The summed E-state index contributed by atoms with van der Waals surface area (Å²) >= 11 is 4.51. The standard InChI is InChI=1S/C9H8BrNO4S/c10-7-2-1-6(15-7)8(12)11-4-16-3-5(11)9(13)14/h1-2,5H,3-4H2,(H,13,14)/t5-/m0/s1. The summed E-state index contributed by atoms with van der Waals surface area (Å²) in [6.45, 7) is 0. The highest BCUT2D eigenvalue weighted by Crippen LogP contribution is 2.24. The van der Waals surface area contributed by atoms with E-state index >= 15 is 0 Å². The Kier molecular flexibility index (Phi) is 3.25. The van der Waals surface area contributed by atoms with E-state index in [0.29, 0.717) is 16.3 Å². The zero-order chi connectivity index (χ0) is 11.7.